The number of benzene rings is 1. The van der Waals surface area contributed by atoms with Crippen molar-refractivity contribution in [3.8, 4) is 0 Å². The minimum Gasteiger partial charge on any atom is -0.469 e. The highest BCUT2D eigenvalue weighted by Crippen LogP contribution is 2.20. The van der Waals surface area contributed by atoms with Crippen molar-refractivity contribution >= 4 is 37.8 Å². The molecule has 2 amide bonds. The van der Waals surface area contributed by atoms with Gasteiger partial charge in [0, 0.05) is 17.4 Å². The average Bonchev–Trinajstić information content (AvgIpc) is 2.99. The molecule has 1 aromatic carbocycles. The molecular formula is C15H16BrN3O5S. The van der Waals surface area contributed by atoms with Gasteiger partial charge in [-0.05, 0) is 41.1 Å². The van der Waals surface area contributed by atoms with Crippen molar-refractivity contribution in [3.05, 3.63) is 52.4 Å². The van der Waals surface area contributed by atoms with Crippen LogP contribution in [0.2, 0.25) is 0 Å². The molecule has 0 radical (unpaired) electrons. The molecule has 0 bridgehead atoms. The zero-order valence-corrected chi connectivity index (χ0v) is 15.6. The highest BCUT2D eigenvalue weighted by molar-refractivity contribution is 9.10. The van der Waals surface area contributed by atoms with Gasteiger partial charge in [0.15, 0.2) is 0 Å². The van der Waals surface area contributed by atoms with Crippen LogP contribution in [0.4, 0.5) is 0 Å². The summed E-state index contributed by atoms with van der Waals surface area (Å²) in [4.78, 5) is 23.6. The van der Waals surface area contributed by atoms with Gasteiger partial charge in [-0.15, -0.1) is 0 Å². The molecule has 25 heavy (non-hydrogen) atoms. The van der Waals surface area contributed by atoms with Crippen LogP contribution < -0.4 is 15.6 Å². The van der Waals surface area contributed by atoms with Gasteiger partial charge in [-0.3, -0.25) is 20.4 Å². The first kappa shape index (κ1) is 19.2. The molecule has 0 unspecified atom stereocenters. The van der Waals surface area contributed by atoms with Gasteiger partial charge in [-0.25, -0.2) is 13.1 Å². The Morgan fingerprint density at radius 3 is 2.52 bits per heavy atom. The van der Waals surface area contributed by atoms with Crippen molar-refractivity contribution in [2.24, 2.45) is 0 Å². The van der Waals surface area contributed by atoms with E-state index >= 15 is 0 Å². The lowest BCUT2D eigenvalue weighted by molar-refractivity contribution is -0.121. The molecule has 1 heterocycles. The Kier molecular flexibility index (Phi) is 6.34. The molecule has 0 spiro atoms. The van der Waals surface area contributed by atoms with E-state index in [0.29, 0.717) is 15.8 Å². The molecular weight excluding hydrogens is 414 g/mol. The maximum atomic E-state index is 12.1. The maximum Gasteiger partial charge on any atom is 0.273 e. The van der Waals surface area contributed by atoms with Gasteiger partial charge in [0.1, 0.15) is 5.76 Å². The van der Waals surface area contributed by atoms with Crippen LogP contribution in [-0.4, -0.2) is 26.8 Å². The average molecular weight is 430 g/mol. The van der Waals surface area contributed by atoms with Gasteiger partial charge < -0.3 is 4.42 Å². The minimum absolute atomic E-state index is 0.0825. The maximum absolute atomic E-state index is 12.1. The summed E-state index contributed by atoms with van der Waals surface area (Å²) in [5.74, 6) is -0.634. The molecule has 2 rings (SSSR count). The monoisotopic (exact) mass is 429 g/mol. The summed E-state index contributed by atoms with van der Waals surface area (Å²) in [7, 11) is -3.74. The Balaban J connectivity index is 1.80. The molecule has 0 aliphatic rings. The molecule has 0 aliphatic carbocycles. The quantitative estimate of drug-likeness (QED) is 0.601. The molecule has 3 N–H and O–H groups in total. The fourth-order valence-electron chi connectivity index (χ4n) is 1.92. The van der Waals surface area contributed by atoms with Crippen LogP contribution >= 0.6 is 15.9 Å². The Morgan fingerprint density at radius 2 is 1.88 bits per heavy atom. The lowest BCUT2D eigenvalue weighted by Gasteiger charge is -2.09. The number of rotatable bonds is 6. The van der Waals surface area contributed by atoms with Gasteiger partial charge in [0.25, 0.3) is 5.91 Å². The summed E-state index contributed by atoms with van der Waals surface area (Å²) in [5, 5.41) is 0. The number of carbonyl (C=O) groups excluding carboxylic acids is 2. The molecule has 0 saturated carbocycles. The minimum atomic E-state index is -3.74. The Bertz CT molecular complexity index is 879. The summed E-state index contributed by atoms with van der Waals surface area (Å²) in [6.07, 6.45) is 1.22. The van der Waals surface area contributed by atoms with Crippen molar-refractivity contribution in [1.29, 1.82) is 0 Å². The van der Waals surface area contributed by atoms with E-state index in [-0.39, 0.29) is 17.9 Å². The van der Waals surface area contributed by atoms with Crippen molar-refractivity contribution in [1.82, 2.24) is 15.6 Å². The predicted molar refractivity (Wildman–Crippen MR) is 93.0 cm³/mol. The topological polar surface area (TPSA) is 118 Å². The summed E-state index contributed by atoms with van der Waals surface area (Å²) < 4.78 is 32.0. The number of carbonyl (C=O) groups is 2. The molecule has 2 aromatic rings. The van der Waals surface area contributed by atoms with Gasteiger partial charge in [-0.1, -0.05) is 12.1 Å². The summed E-state index contributed by atoms with van der Waals surface area (Å²) in [5.41, 5.74) is 4.74. The van der Waals surface area contributed by atoms with Crippen LogP contribution in [0.15, 0.2) is 50.4 Å². The van der Waals surface area contributed by atoms with Crippen LogP contribution in [0.3, 0.4) is 0 Å². The fourth-order valence-corrected chi connectivity index (χ4v) is 3.95. The van der Waals surface area contributed by atoms with Gasteiger partial charge in [-0.2, -0.15) is 0 Å². The zero-order chi connectivity index (χ0) is 18.4. The normalized spacial score (nSPS) is 11.1. The number of hydrogen-bond donors (Lipinski definition) is 3. The highest BCUT2D eigenvalue weighted by Gasteiger charge is 2.17. The number of aryl methyl sites for hydroxylation is 1. The van der Waals surface area contributed by atoms with Crippen LogP contribution in [0.25, 0.3) is 0 Å². The van der Waals surface area contributed by atoms with Gasteiger partial charge in [0.05, 0.1) is 16.7 Å². The van der Waals surface area contributed by atoms with E-state index in [1.165, 1.54) is 18.4 Å². The van der Waals surface area contributed by atoms with Crippen molar-refractivity contribution in [2.75, 3.05) is 6.54 Å². The molecule has 0 saturated heterocycles. The number of furan rings is 1. The van der Waals surface area contributed by atoms with E-state index in [1.54, 1.807) is 25.1 Å². The standard InChI is InChI=1S/C15H16BrN3O5S/c1-10-11(7-9-24-10)15(21)19-18-14(20)6-8-17-25(22,23)13-5-3-2-4-12(13)16/h2-5,7,9,17H,6,8H2,1H3,(H,18,20)(H,19,21). The van der Waals surface area contributed by atoms with Crippen LogP contribution in [0.5, 0.6) is 0 Å². The number of hydrogen-bond acceptors (Lipinski definition) is 5. The van der Waals surface area contributed by atoms with E-state index in [1.807, 2.05) is 0 Å². The third-order valence-corrected chi connectivity index (χ3v) is 5.66. The smallest absolute Gasteiger partial charge is 0.273 e. The van der Waals surface area contributed by atoms with Crippen molar-refractivity contribution in [3.63, 3.8) is 0 Å². The Hall–Kier alpha value is -2.17. The molecule has 134 valence electrons. The number of hydrazine groups is 1. The number of sulfonamides is 1. The van der Waals surface area contributed by atoms with E-state index in [0.717, 1.165) is 0 Å². The zero-order valence-electron chi connectivity index (χ0n) is 13.2. The molecule has 0 aliphatic heterocycles. The third kappa shape index (κ3) is 5.15. The largest absolute Gasteiger partial charge is 0.469 e. The summed E-state index contributed by atoms with van der Waals surface area (Å²) in [6.45, 7) is 1.50. The van der Waals surface area contributed by atoms with Crippen molar-refractivity contribution < 1.29 is 22.4 Å². The van der Waals surface area contributed by atoms with Crippen LogP contribution in [0.1, 0.15) is 22.5 Å². The van der Waals surface area contributed by atoms with E-state index in [9.17, 15) is 18.0 Å². The number of amides is 2. The van der Waals surface area contributed by atoms with Gasteiger partial charge in [0.2, 0.25) is 15.9 Å². The number of halogens is 1. The first-order valence-electron chi connectivity index (χ1n) is 7.19. The molecule has 0 fully saturated rings. The lowest BCUT2D eigenvalue weighted by Crippen LogP contribution is -2.42. The van der Waals surface area contributed by atoms with Crippen LogP contribution in [-0.2, 0) is 14.8 Å². The lowest BCUT2D eigenvalue weighted by atomic mass is 10.2. The second kappa shape index (κ2) is 8.28. The second-order valence-electron chi connectivity index (χ2n) is 4.97. The summed E-state index contributed by atoms with van der Waals surface area (Å²) >= 11 is 3.16. The van der Waals surface area contributed by atoms with E-state index < -0.39 is 21.8 Å². The van der Waals surface area contributed by atoms with Gasteiger partial charge >= 0.3 is 0 Å². The molecule has 10 heteroatoms. The third-order valence-electron chi connectivity index (χ3n) is 3.19. The second-order valence-corrected chi connectivity index (χ2v) is 7.56. The summed E-state index contributed by atoms with van der Waals surface area (Å²) in [6, 6.07) is 7.82. The number of nitrogens with one attached hydrogen (secondary N) is 3. The first-order chi connectivity index (χ1) is 11.8. The van der Waals surface area contributed by atoms with E-state index in [4.69, 9.17) is 4.42 Å². The van der Waals surface area contributed by atoms with Crippen molar-refractivity contribution in [2.45, 2.75) is 18.2 Å². The SMILES string of the molecule is Cc1occc1C(=O)NNC(=O)CCNS(=O)(=O)c1ccccc1Br. The fraction of sp³-hybridized carbons (Fsp3) is 0.200. The predicted octanol–water partition coefficient (Wildman–Crippen LogP) is 1.48. The Morgan fingerprint density at radius 1 is 1.16 bits per heavy atom. The Labute approximate surface area is 153 Å². The molecule has 8 nitrogen and oxygen atoms in total. The van der Waals surface area contributed by atoms with E-state index in [2.05, 4.69) is 31.5 Å². The molecule has 1 aromatic heterocycles. The molecule has 0 atom stereocenters. The highest BCUT2D eigenvalue weighted by atomic mass is 79.9. The first-order valence-corrected chi connectivity index (χ1v) is 9.46. The van der Waals surface area contributed by atoms with Crippen LogP contribution in [0, 0.1) is 6.92 Å².